The summed E-state index contributed by atoms with van der Waals surface area (Å²) in [5, 5.41) is 18.1. The Labute approximate surface area is 76.3 Å². The molecular formula is C9H23O2P. The molecule has 0 saturated heterocycles. The molecule has 0 spiro atoms. The van der Waals surface area contributed by atoms with E-state index in [4.69, 9.17) is 5.11 Å². The van der Waals surface area contributed by atoms with Gasteiger partial charge >= 0.3 is 75.6 Å². The fourth-order valence-corrected chi connectivity index (χ4v) is 5.24. The van der Waals surface area contributed by atoms with E-state index in [1.54, 1.807) is 0 Å². The van der Waals surface area contributed by atoms with E-state index in [1.165, 1.54) is 18.5 Å². The molecule has 1 atom stereocenters. The first-order valence-corrected chi connectivity index (χ1v) is 7.75. The Morgan fingerprint density at radius 3 is 1.75 bits per heavy atom. The van der Waals surface area contributed by atoms with E-state index in [9.17, 15) is 5.11 Å². The number of aliphatic hydroxyl groups excluding tert-OH is 2. The zero-order chi connectivity index (χ0) is 9.61. The van der Waals surface area contributed by atoms with Crippen LogP contribution >= 0.6 is 7.26 Å². The molecule has 76 valence electrons. The number of rotatable bonds is 6. The van der Waals surface area contributed by atoms with Crippen molar-refractivity contribution in [2.75, 3.05) is 31.3 Å². The average Bonchev–Trinajstić information content (AvgIpc) is 2.14. The van der Waals surface area contributed by atoms with Gasteiger partial charge in [0.15, 0.2) is 0 Å². The van der Waals surface area contributed by atoms with Crippen molar-refractivity contribution in [2.45, 2.75) is 26.9 Å². The molecule has 0 bridgehead atoms. The third-order valence-electron chi connectivity index (χ3n) is 3.13. The molecule has 0 saturated carbocycles. The minimum atomic E-state index is -1.21. The van der Waals surface area contributed by atoms with Crippen molar-refractivity contribution >= 4 is 7.26 Å². The van der Waals surface area contributed by atoms with Crippen LogP contribution in [0.3, 0.4) is 0 Å². The van der Waals surface area contributed by atoms with Gasteiger partial charge in [0.05, 0.1) is 0 Å². The average molecular weight is 194 g/mol. The molecule has 0 aliphatic rings. The predicted molar refractivity (Wildman–Crippen MR) is 57.9 cm³/mol. The van der Waals surface area contributed by atoms with E-state index < -0.39 is 13.4 Å². The molecular weight excluding hydrogens is 171 g/mol. The molecule has 0 amide bonds. The second-order valence-corrected chi connectivity index (χ2v) is 9.13. The van der Waals surface area contributed by atoms with E-state index in [0.717, 1.165) is 6.16 Å². The summed E-state index contributed by atoms with van der Waals surface area (Å²) in [6, 6.07) is 0. The molecule has 0 aliphatic heterocycles. The Balaban J connectivity index is 4.09. The van der Waals surface area contributed by atoms with Crippen LogP contribution in [0.5, 0.6) is 0 Å². The predicted octanol–water partition coefficient (Wildman–Crippen LogP) is 1.15. The summed E-state index contributed by atoms with van der Waals surface area (Å²) in [7, 11) is -1.21. The Hall–Kier alpha value is 0.350. The van der Waals surface area contributed by atoms with Gasteiger partial charge in [0.1, 0.15) is 0 Å². The van der Waals surface area contributed by atoms with Crippen LogP contribution in [0.1, 0.15) is 20.8 Å². The second-order valence-electron chi connectivity index (χ2n) is 3.60. The quantitative estimate of drug-likeness (QED) is 0.623. The van der Waals surface area contributed by atoms with Crippen LogP contribution in [0.4, 0.5) is 0 Å². The van der Waals surface area contributed by atoms with Gasteiger partial charge in [0.2, 0.25) is 0 Å². The third kappa shape index (κ3) is 3.38. The van der Waals surface area contributed by atoms with Gasteiger partial charge < -0.3 is 0 Å². The maximum absolute atomic E-state index is 9.37. The first kappa shape index (κ1) is 12.3. The van der Waals surface area contributed by atoms with Gasteiger partial charge in [-0.15, -0.1) is 0 Å². The normalized spacial score (nSPS) is 16.1. The number of aliphatic hydroxyl groups is 2. The molecule has 1 unspecified atom stereocenters. The summed E-state index contributed by atoms with van der Waals surface area (Å²) in [6.45, 7) is 6.56. The molecule has 2 N–H and O–H groups in total. The fourth-order valence-electron chi connectivity index (χ4n) is 1.75. The van der Waals surface area contributed by atoms with Crippen molar-refractivity contribution in [1.82, 2.24) is 0 Å². The zero-order valence-electron chi connectivity index (χ0n) is 8.51. The van der Waals surface area contributed by atoms with Gasteiger partial charge in [-0.2, -0.15) is 0 Å². The molecule has 0 aromatic rings. The number of hydrogen-bond donors (Lipinski definition) is 2. The van der Waals surface area contributed by atoms with Crippen LogP contribution in [0.2, 0.25) is 0 Å². The fraction of sp³-hybridized carbons (Fsp3) is 1.00. The number of hydrogen-bond acceptors (Lipinski definition) is 2. The molecule has 2 nitrogen and oxygen atoms in total. The van der Waals surface area contributed by atoms with Crippen molar-refractivity contribution in [1.29, 1.82) is 0 Å². The first-order chi connectivity index (χ1) is 5.64. The summed E-state index contributed by atoms with van der Waals surface area (Å²) in [5.74, 6) is 0. The standard InChI is InChI=1S/C9H23O2P/c1-4-12(5-2,6-3)8-9(11)7-10/h9-12H,4-8H2,1-3H3. The molecule has 0 aromatic carbocycles. The SMILES string of the molecule is CC[PH](CC)(CC)CC(O)CO. The summed E-state index contributed by atoms with van der Waals surface area (Å²) in [5.41, 5.74) is 0. The molecule has 0 rings (SSSR count). The van der Waals surface area contributed by atoms with Crippen molar-refractivity contribution < 1.29 is 10.2 Å². The van der Waals surface area contributed by atoms with Gasteiger partial charge in [0, 0.05) is 0 Å². The van der Waals surface area contributed by atoms with Crippen LogP contribution in [0.15, 0.2) is 0 Å². The van der Waals surface area contributed by atoms with E-state index in [1.807, 2.05) is 0 Å². The monoisotopic (exact) mass is 194 g/mol. The summed E-state index contributed by atoms with van der Waals surface area (Å²) in [4.78, 5) is 0. The van der Waals surface area contributed by atoms with Crippen molar-refractivity contribution in [2.24, 2.45) is 0 Å². The van der Waals surface area contributed by atoms with Crippen molar-refractivity contribution in [3.63, 3.8) is 0 Å². The van der Waals surface area contributed by atoms with Crippen LogP contribution in [-0.2, 0) is 0 Å². The molecule has 0 aliphatic carbocycles. The van der Waals surface area contributed by atoms with Crippen LogP contribution in [-0.4, -0.2) is 47.6 Å². The maximum atomic E-state index is 9.37. The molecule has 3 heteroatoms. The van der Waals surface area contributed by atoms with Gasteiger partial charge in [-0.05, 0) is 0 Å². The van der Waals surface area contributed by atoms with Crippen LogP contribution in [0, 0.1) is 0 Å². The summed E-state index contributed by atoms with van der Waals surface area (Å²) < 4.78 is 0. The van der Waals surface area contributed by atoms with E-state index in [-0.39, 0.29) is 6.61 Å². The molecule has 12 heavy (non-hydrogen) atoms. The zero-order valence-corrected chi connectivity index (χ0v) is 9.51. The van der Waals surface area contributed by atoms with Crippen molar-refractivity contribution in [3.05, 3.63) is 0 Å². The molecule has 0 radical (unpaired) electrons. The third-order valence-corrected chi connectivity index (χ3v) is 8.97. The van der Waals surface area contributed by atoms with Gasteiger partial charge in [-0.25, -0.2) is 0 Å². The van der Waals surface area contributed by atoms with Crippen LogP contribution < -0.4 is 0 Å². The molecule has 0 fully saturated rings. The Bertz CT molecular complexity index is 105. The summed E-state index contributed by atoms with van der Waals surface area (Å²) in [6.07, 6.45) is 4.05. The summed E-state index contributed by atoms with van der Waals surface area (Å²) >= 11 is 0. The van der Waals surface area contributed by atoms with Gasteiger partial charge in [0.25, 0.3) is 0 Å². The Morgan fingerprint density at radius 1 is 1.08 bits per heavy atom. The first-order valence-electron chi connectivity index (χ1n) is 4.93. The molecule has 0 heterocycles. The minimum absolute atomic E-state index is 0.0747. The van der Waals surface area contributed by atoms with Crippen LogP contribution in [0.25, 0.3) is 0 Å². The Kier molecular flexibility index (Phi) is 6.08. The molecule has 0 aromatic heterocycles. The Morgan fingerprint density at radius 2 is 1.50 bits per heavy atom. The van der Waals surface area contributed by atoms with E-state index in [0.29, 0.717) is 0 Å². The van der Waals surface area contributed by atoms with Crippen molar-refractivity contribution in [3.8, 4) is 0 Å². The van der Waals surface area contributed by atoms with Gasteiger partial charge in [-0.1, -0.05) is 0 Å². The van der Waals surface area contributed by atoms with E-state index in [2.05, 4.69) is 20.8 Å². The second kappa shape index (κ2) is 5.90. The van der Waals surface area contributed by atoms with E-state index >= 15 is 0 Å². The topological polar surface area (TPSA) is 40.5 Å². The van der Waals surface area contributed by atoms with Gasteiger partial charge in [-0.3, -0.25) is 0 Å².